The minimum atomic E-state index is -3.53. The number of nitrogens with one attached hydrogen (secondary N) is 2. The Balaban J connectivity index is 2.04. The first kappa shape index (κ1) is 13.3. The highest BCUT2D eigenvalue weighted by Gasteiger charge is 2.11. The van der Waals surface area contributed by atoms with Crippen molar-refractivity contribution in [3.8, 4) is 0 Å². The molecule has 2 rings (SSSR count). The number of carboxylic acids is 1. The predicted octanol–water partition coefficient (Wildman–Crippen LogP) is 1.17. The normalized spacial score (nSPS) is 11.6. The molecule has 0 radical (unpaired) electrons. The molecule has 0 amide bonds. The fourth-order valence-electron chi connectivity index (χ4n) is 1.65. The van der Waals surface area contributed by atoms with Crippen LogP contribution in [0.25, 0.3) is 10.9 Å². The molecule has 3 N–H and O–H groups in total. The van der Waals surface area contributed by atoms with Crippen LogP contribution in [0.3, 0.4) is 0 Å². The first-order valence-corrected chi connectivity index (χ1v) is 7.27. The van der Waals surface area contributed by atoms with Crippen LogP contribution < -0.4 is 4.72 Å². The number of carboxylic acid groups (broad SMARTS) is 1. The van der Waals surface area contributed by atoms with E-state index >= 15 is 0 Å². The Morgan fingerprint density at radius 2 is 2.21 bits per heavy atom. The maximum Gasteiger partial charge on any atom is 0.303 e. The third-order valence-electron chi connectivity index (χ3n) is 2.52. The summed E-state index contributed by atoms with van der Waals surface area (Å²) in [5.74, 6) is -1.22. The predicted molar refractivity (Wildman–Crippen MR) is 70.4 cm³/mol. The van der Waals surface area contributed by atoms with E-state index in [0.29, 0.717) is 5.69 Å². The van der Waals surface area contributed by atoms with Gasteiger partial charge in [0, 0.05) is 17.5 Å². The van der Waals surface area contributed by atoms with Gasteiger partial charge in [0.15, 0.2) is 0 Å². The summed E-state index contributed by atoms with van der Waals surface area (Å²) in [7, 11) is -3.53. The molecule has 0 spiro atoms. The van der Waals surface area contributed by atoms with Crippen LogP contribution >= 0.6 is 0 Å². The molecule has 0 bridgehead atoms. The van der Waals surface area contributed by atoms with Crippen molar-refractivity contribution >= 4 is 32.6 Å². The molecule has 0 atom stereocenters. The van der Waals surface area contributed by atoms with Gasteiger partial charge in [0.05, 0.1) is 17.5 Å². The quantitative estimate of drug-likeness (QED) is 0.736. The summed E-state index contributed by atoms with van der Waals surface area (Å²) in [4.78, 5) is 10.3. The second kappa shape index (κ2) is 5.27. The number of nitrogens with zero attached hydrogens (tertiary/aromatic N) is 1. The van der Waals surface area contributed by atoms with Gasteiger partial charge in [-0.1, -0.05) is 0 Å². The number of fused-ring (bicyclic) bond motifs is 1. The summed E-state index contributed by atoms with van der Waals surface area (Å²) in [6.07, 6.45) is 1.51. The highest BCUT2D eigenvalue weighted by atomic mass is 32.2. The Labute approximate surface area is 109 Å². The van der Waals surface area contributed by atoms with Crippen LogP contribution in [0.5, 0.6) is 0 Å². The molecule has 19 heavy (non-hydrogen) atoms. The van der Waals surface area contributed by atoms with Gasteiger partial charge in [-0.2, -0.15) is 5.10 Å². The molecule has 0 unspecified atom stereocenters. The summed E-state index contributed by atoms with van der Waals surface area (Å²) in [6.45, 7) is 0. The maximum atomic E-state index is 11.7. The number of anilines is 1. The van der Waals surface area contributed by atoms with Crippen molar-refractivity contribution in [2.75, 3.05) is 10.5 Å². The minimum absolute atomic E-state index is 0.0820. The van der Waals surface area contributed by atoms with Gasteiger partial charge in [0.2, 0.25) is 10.0 Å². The highest BCUT2D eigenvalue weighted by molar-refractivity contribution is 7.92. The minimum Gasteiger partial charge on any atom is -0.481 e. The van der Waals surface area contributed by atoms with E-state index in [9.17, 15) is 13.2 Å². The molecule has 1 aromatic carbocycles. The van der Waals surface area contributed by atoms with E-state index in [1.165, 1.54) is 0 Å². The molecule has 7 nitrogen and oxygen atoms in total. The molecular formula is C11H13N3O4S. The molecule has 1 aromatic heterocycles. The lowest BCUT2D eigenvalue weighted by Crippen LogP contribution is -2.17. The van der Waals surface area contributed by atoms with Crippen molar-refractivity contribution < 1.29 is 18.3 Å². The smallest absolute Gasteiger partial charge is 0.303 e. The molecule has 1 heterocycles. The zero-order valence-electron chi connectivity index (χ0n) is 9.96. The van der Waals surface area contributed by atoms with E-state index in [1.807, 2.05) is 0 Å². The highest BCUT2D eigenvalue weighted by Crippen LogP contribution is 2.18. The lowest BCUT2D eigenvalue weighted by Gasteiger charge is -2.07. The Morgan fingerprint density at radius 3 is 2.95 bits per heavy atom. The number of aromatic amines is 1. The number of aromatic nitrogens is 2. The van der Waals surface area contributed by atoms with Crippen molar-refractivity contribution in [2.45, 2.75) is 12.8 Å². The van der Waals surface area contributed by atoms with Crippen LogP contribution in [0.1, 0.15) is 12.8 Å². The standard InChI is InChI=1S/C11H13N3O4S/c15-11(16)2-1-5-19(17,18)14-9-3-4-10-8(6-9)7-12-13-10/h3-4,6-7,14H,1-2,5H2,(H,12,13)(H,15,16). The van der Waals surface area contributed by atoms with E-state index in [1.54, 1.807) is 24.4 Å². The first-order valence-electron chi connectivity index (χ1n) is 5.62. The average molecular weight is 283 g/mol. The Bertz CT molecular complexity index is 693. The number of hydrogen-bond acceptors (Lipinski definition) is 4. The van der Waals surface area contributed by atoms with Crippen LogP contribution in [0, 0.1) is 0 Å². The van der Waals surface area contributed by atoms with E-state index in [4.69, 9.17) is 5.11 Å². The molecule has 0 fully saturated rings. The van der Waals surface area contributed by atoms with Gasteiger partial charge in [0.25, 0.3) is 0 Å². The largest absolute Gasteiger partial charge is 0.481 e. The van der Waals surface area contributed by atoms with Gasteiger partial charge < -0.3 is 5.11 Å². The maximum absolute atomic E-state index is 11.7. The molecule has 2 aromatic rings. The number of H-pyrrole nitrogens is 1. The van der Waals surface area contributed by atoms with Crippen molar-refractivity contribution in [2.24, 2.45) is 0 Å². The van der Waals surface area contributed by atoms with Crippen LogP contribution in [0.2, 0.25) is 0 Å². The monoisotopic (exact) mass is 283 g/mol. The van der Waals surface area contributed by atoms with Crippen LogP contribution in [-0.4, -0.2) is 35.4 Å². The van der Waals surface area contributed by atoms with Gasteiger partial charge >= 0.3 is 5.97 Å². The number of aliphatic carboxylic acids is 1. The fraction of sp³-hybridized carbons (Fsp3) is 0.273. The second-order valence-corrected chi connectivity index (χ2v) is 5.93. The topological polar surface area (TPSA) is 112 Å². The zero-order chi connectivity index (χ0) is 13.9. The Hall–Kier alpha value is -2.09. The van der Waals surface area contributed by atoms with Crippen molar-refractivity contribution in [1.82, 2.24) is 10.2 Å². The molecule has 0 saturated heterocycles. The number of sulfonamides is 1. The van der Waals surface area contributed by atoms with Gasteiger partial charge in [-0.3, -0.25) is 14.6 Å². The second-order valence-electron chi connectivity index (χ2n) is 4.09. The number of benzene rings is 1. The molecule has 0 aliphatic heterocycles. The van der Waals surface area contributed by atoms with Gasteiger partial charge in [-0.05, 0) is 24.6 Å². The van der Waals surface area contributed by atoms with Crippen LogP contribution in [-0.2, 0) is 14.8 Å². The molecular weight excluding hydrogens is 270 g/mol. The first-order chi connectivity index (χ1) is 8.96. The van der Waals surface area contributed by atoms with E-state index in [-0.39, 0.29) is 18.6 Å². The molecule has 0 aliphatic carbocycles. The molecule has 8 heteroatoms. The third-order valence-corrected chi connectivity index (χ3v) is 3.89. The summed E-state index contributed by atoms with van der Waals surface area (Å²) in [6, 6.07) is 5.00. The average Bonchev–Trinajstić information content (AvgIpc) is 2.74. The zero-order valence-corrected chi connectivity index (χ0v) is 10.8. The lowest BCUT2D eigenvalue weighted by atomic mass is 10.2. The van der Waals surface area contributed by atoms with Crippen molar-refractivity contribution in [1.29, 1.82) is 0 Å². The third kappa shape index (κ3) is 3.68. The van der Waals surface area contributed by atoms with Crippen LogP contribution in [0.4, 0.5) is 5.69 Å². The number of rotatable bonds is 6. The van der Waals surface area contributed by atoms with Crippen molar-refractivity contribution in [3.63, 3.8) is 0 Å². The van der Waals surface area contributed by atoms with Crippen molar-refractivity contribution in [3.05, 3.63) is 24.4 Å². The van der Waals surface area contributed by atoms with Gasteiger partial charge in [-0.25, -0.2) is 8.42 Å². The number of hydrogen-bond donors (Lipinski definition) is 3. The fourth-order valence-corrected chi connectivity index (χ4v) is 2.76. The Kier molecular flexibility index (Phi) is 3.70. The molecule has 0 aliphatic rings. The van der Waals surface area contributed by atoms with E-state index < -0.39 is 16.0 Å². The van der Waals surface area contributed by atoms with E-state index in [0.717, 1.165) is 10.9 Å². The van der Waals surface area contributed by atoms with E-state index in [2.05, 4.69) is 14.9 Å². The SMILES string of the molecule is O=C(O)CCCS(=O)(=O)Nc1ccc2[nH]ncc2c1. The lowest BCUT2D eigenvalue weighted by molar-refractivity contribution is -0.137. The van der Waals surface area contributed by atoms with Gasteiger partial charge in [0.1, 0.15) is 0 Å². The molecule has 102 valence electrons. The van der Waals surface area contributed by atoms with Gasteiger partial charge in [-0.15, -0.1) is 0 Å². The summed E-state index contributed by atoms with van der Waals surface area (Å²) >= 11 is 0. The number of carbonyl (C=O) groups is 1. The van der Waals surface area contributed by atoms with Crippen LogP contribution in [0.15, 0.2) is 24.4 Å². The summed E-state index contributed by atoms with van der Waals surface area (Å²) in [5, 5.41) is 15.9. The summed E-state index contributed by atoms with van der Waals surface area (Å²) < 4.78 is 25.9. The molecule has 0 saturated carbocycles. The Morgan fingerprint density at radius 1 is 1.42 bits per heavy atom. The summed E-state index contributed by atoms with van der Waals surface area (Å²) in [5.41, 5.74) is 1.25.